The topological polar surface area (TPSA) is 75.4 Å². The molecule has 1 aliphatic rings. The summed E-state index contributed by atoms with van der Waals surface area (Å²) in [6.07, 6.45) is -3.66. The van der Waals surface area contributed by atoms with Crippen molar-refractivity contribution in [3.05, 3.63) is 29.6 Å². The van der Waals surface area contributed by atoms with E-state index in [4.69, 9.17) is 5.73 Å². The van der Waals surface area contributed by atoms with Gasteiger partial charge in [-0.15, -0.1) is 0 Å². The van der Waals surface area contributed by atoms with Gasteiger partial charge in [0.1, 0.15) is 5.82 Å². The Morgan fingerprint density at radius 2 is 2.00 bits per heavy atom. The van der Waals surface area contributed by atoms with Crippen LogP contribution < -0.4 is 11.1 Å². The van der Waals surface area contributed by atoms with Crippen molar-refractivity contribution in [3.8, 4) is 0 Å². The van der Waals surface area contributed by atoms with Crippen LogP contribution in [0, 0.1) is 11.7 Å². The minimum Gasteiger partial charge on any atom is -0.351 e. The fourth-order valence-corrected chi connectivity index (χ4v) is 2.42. The highest BCUT2D eigenvalue weighted by Crippen LogP contribution is 2.32. The summed E-state index contributed by atoms with van der Waals surface area (Å²) in [5.41, 5.74) is 3.54. The zero-order chi connectivity index (χ0) is 17.2. The van der Waals surface area contributed by atoms with E-state index in [1.165, 1.54) is 4.90 Å². The SMILES string of the molecule is NC(=O)N1CCC[C@H](C(=O)Nc2cc(C(F)(F)F)ccc2F)C1. The van der Waals surface area contributed by atoms with Crippen LogP contribution in [0.5, 0.6) is 0 Å². The number of likely N-dealkylation sites (tertiary alicyclic amines) is 1. The van der Waals surface area contributed by atoms with E-state index >= 15 is 0 Å². The van der Waals surface area contributed by atoms with E-state index in [-0.39, 0.29) is 6.54 Å². The second-order valence-corrected chi connectivity index (χ2v) is 5.31. The van der Waals surface area contributed by atoms with E-state index in [0.29, 0.717) is 37.6 Å². The summed E-state index contributed by atoms with van der Waals surface area (Å²) in [6, 6.07) is 1.12. The van der Waals surface area contributed by atoms with E-state index in [2.05, 4.69) is 5.32 Å². The van der Waals surface area contributed by atoms with E-state index in [9.17, 15) is 27.2 Å². The average molecular weight is 333 g/mol. The fourth-order valence-electron chi connectivity index (χ4n) is 2.42. The largest absolute Gasteiger partial charge is 0.416 e. The van der Waals surface area contributed by atoms with Crippen LogP contribution in [0.25, 0.3) is 0 Å². The lowest BCUT2D eigenvalue weighted by Crippen LogP contribution is -2.46. The van der Waals surface area contributed by atoms with Gasteiger partial charge in [-0.05, 0) is 31.0 Å². The molecule has 0 unspecified atom stereocenters. The number of nitrogens with one attached hydrogen (secondary N) is 1. The monoisotopic (exact) mass is 333 g/mol. The molecule has 2 rings (SSSR count). The molecule has 1 aromatic rings. The summed E-state index contributed by atoms with van der Waals surface area (Å²) in [6.45, 7) is 0.471. The number of carbonyl (C=O) groups is 2. The molecule has 1 heterocycles. The first kappa shape index (κ1) is 17.0. The molecule has 0 aromatic heterocycles. The van der Waals surface area contributed by atoms with Crippen molar-refractivity contribution in [1.82, 2.24) is 4.90 Å². The minimum atomic E-state index is -4.64. The van der Waals surface area contributed by atoms with Crippen LogP contribution in [-0.4, -0.2) is 29.9 Å². The Bertz CT molecular complexity index is 619. The molecule has 0 aliphatic carbocycles. The summed E-state index contributed by atoms with van der Waals surface area (Å²) in [5.74, 6) is -2.26. The molecule has 126 valence electrons. The summed E-state index contributed by atoms with van der Waals surface area (Å²) in [5, 5.41) is 2.16. The standard InChI is InChI=1S/C14H15F4N3O2/c15-10-4-3-9(14(16,17)18)6-11(10)20-12(22)8-2-1-5-21(7-8)13(19)23/h3-4,6,8H,1-2,5,7H2,(H2,19,23)(H,20,22)/t8-/m0/s1. The molecule has 1 aliphatic heterocycles. The Morgan fingerprint density at radius 3 is 2.61 bits per heavy atom. The van der Waals surface area contributed by atoms with Crippen LogP contribution >= 0.6 is 0 Å². The fraction of sp³-hybridized carbons (Fsp3) is 0.429. The van der Waals surface area contributed by atoms with Crippen LogP contribution in [-0.2, 0) is 11.0 Å². The van der Waals surface area contributed by atoms with Crippen molar-refractivity contribution < 1.29 is 27.2 Å². The van der Waals surface area contributed by atoms with Gasteiger partial charge in [0.2, 0.25) is 5.91 Å². The molecule has 1 saturated heterocycles. The molecule has 23 heavy (non-hydrogen) atoms. The van der Waals surface area contributed by atoms with E-state index in [1.54, 1.807) is 0 Å². The highest BCUT2D eigenvalue weighted by Gasteiger charge is 2.32. The molecule has 9 heteroatoms. The van der Waals surface area contributed by atoms with Crippen LogP contribution in [0.15, 0.2) is 18.2 Å². The van der Waals surface area contributed by atoms with Gasteiger partial charge in [0.15, 0.2) is 0 Å². The molecule has 0 saturated carbocycles. The van der Waals surface area contributed by atoms with Crippen LogP contribution in [0.2, 0.25) is 0 Å². The van der Waals surface area contributed by atoms with Crippen molar-refractivity contribution in [2.24, 2.45) is 11.7 Å². The van der Waals surface area contributed by atoms with Gasteiger partial charge in [0.05, 0.1) is 17.2 Å². The number of piperidine rings is 1. The smallest absolute Gasteiger partial charge is 0.351 e. The number of amides is 3. The maximum absolute atomic E-state index is 13.6. The molecule has 1 atom stereocenters. The zero-order valence-corrected chi connectivity index (χ0v) is 12.0. The van der Waals surface area contributed by atoms with Crippen molar-refractivity contribution in [2.75, 3.05) is 18.4 Å². The first-order valence-corrected chi connectivity index (χ1v) is 6.90. The lowest BCUT2D eigenvalue weighted by Gasteiger charge is -2.30. The van der Waals surface area contributed by atoms with Crippen molar-refractivity contribution in [1.29, 1.82) is 0 Å². The van der Waals surface area contributed by atoms with Gasteiger partial charge in [-0.2, -0.15) is 13.2 Å². The zero-order valence-electron chi connectivity index (χ0n) is 12.0. The maximum Gasteiger partial charge on any atom is 0.416 e. The van der Waals surface area contributed by atoms with Crippen LogP contribution in [0.1, 0.15) is 18.4 Å². The number of halogens is 4. The molecular formula is C14H15F4N3O2. The third kappa shape index (κ3) is 4.11. The number of anilines is 1. The number of carbonyl (C=O) groups excluding carboxylic acids is 2. The third-order valence-electron chi connectivity index (χ3n) is 3.66. The summed E-state index contributed by atoms with van der Waals surface area (Å²) in [4.78, 5) is 24.5. The van der Waals surface area contributed by atoms with Gasteiger partial charge in [0.25, 0.3) is 0 Å². The number of hydrogen-bond donors (Lipinski definition) is 2. The Morgan fingerprint density at radius 1 is 1.30 bits per heavy atom. The van der Waals surface area contributed by atoms with E-state index in [1.807, 2.05) is 0 Å². The maximum atomic E-state index is 13.6. The Labute approximate surface area is 129 Å². The quantitative estimate of drug-likeness (QED) is 0.816. The molecule has 1 fully saturated rings. The summed E-state index contributed by atoms with van der Waals surface area (Å²) >= 11 is 0. The highest BCUT2D eigenvalue weighted by atomic mass is 19.4. The number of hydrogen-bond acceptors (Lipinski definition) is 2. The van der Waals surface area contributed by atoms with Gasteiger partial charge >= 0.3 is 12.2 Å². The lowest BCUT2D eigenvalue weighted by atomic mass is 9.97. The molecule has 3 N–H and O–H groups in total. The Kier molecular flexibility index (Phi) is 4.76. The molecule has 1 aromatic carbocycles. The van der Waals surface area contributed by atoms with Crippen LogP contribution in [0.4, 0.5) is 28.0 Å². The Hall–Kier alpha value is -2.32. The second-order valence-electron chi connectivity index (χ2n) is 5.31. The molecule has 0 bridgehead atoms. The number of alkyl halides is 3. The van der Waals surface area contributed by atoms with Gasteiger partial charge in [-0.1, -0.05) is 0 Å². The van der Waals surface area contributed by atoms with Gasteiger partial charge in [0, 0.05) is 13.1 Å². The molecule has 3 amide bonds. The number of nitrogens with zero attached hydrogens (tertiary/aromatic N) is 1. The number of rotatable bonds is 2. The molecule has 5 nitrogen and oxygen atoms in total. The predicted molar refractivity (Wildman–Crippen MR) is 73.9 cm³/mol. The first-order valence-electron chi connectivity index (χ1n) is 6.90. The van der Waals surface area contributed by atoms with Gasteiger partial charge in [-0.25, -0.2) is 9.18 Å². The number of nitrogens with two attached hydrogens (primary N) is 1. The summed E-state index contributed by atoms with van der Waals surface area (Å²) in [7, 11) is 0. The van der Waals surface area contributed by atoms with E-state index in [0.717, 1.165) is 0 Å². The lowest BCUT2D eigenvalue weighted by molar-refractivity contribution is -0.137. The average Bonchev–Trinajstić information content (AvgIpc) is 2.48. The Balaban J connectivity index is 2.12. The van der Waals surface area contributed by atoms with Crippen molar-refractivity contribution in [2.45, 2.75) is 19.0 Å². The number of urea groups is 1. The van der Waals surface area contributed by atoms with E-state index < -0.39 is 41.1 Å². The van der Waals surface area contributed by atoms with Crippen molar-refractivity contribution >= 4 is 17.6 Å². The molecule has 0 radical (unpaired) electrons. The van der Waals surface area contributed by atoms with Gasteiger partial charge < -0.3 is 16.0 Å². The van der Waals surface area contributed by atoms with Crippen LogP contribution in [0.3, 0.4) is 0 Å². The van der Waals surface area contributed by atoms with Crippen molar-refractivity contribution in [3.63, 3.8) is 0 Å². The summed E-state index contributed by atoms with van der Waals surface area (Å²) < 4.78 is 51.5. The number of benzene rings is 1. The first-order chi connectivity index (χ1) is 10.7. The van der Waals surface area contributed by atoms with Gasteiger partial charge in [-0.3, -0.25) is 4.79 Å². The normalized spacial score (nSPS) is 18.6. The third-order valence-corrected chi connectivity index (χ3v) is 3.66. The number of primary amides is 1. The molecule has 0 spiro atoms. The second kappa shape index (κ2) is 6.43. The predicted octanol–water partition coefficient (Wildman–Crippen LogP) is 2.57. The minimum absolute atomic E-state index is 0.0573. The highest BCUT2D eigenvalue weighted by molar-refractivity contribution is 5.93. The molecular weight excluding hydrogens is 318 g/mol.